The van der Waals surface area contributed by atoms with Gasteiger partial charge in [-0.1, -0.05) is 36.4 Å². The Bertz CT molecular complexity index is 1450. The highest BCUT2D eigenvalue weighted by Gasteiger charge is 2.27. The lowest BCUT2D eigenvalue weighted by atomic mass is 10.0. The lowest BCUT2D eigenvalue weighted by molar-refractivity contribution is -0.140. The summed E-state index contributed by atoms with van der Waals surface area (Å²) in [5.74, 6) is -0.106. The molecule has 2 aromatic heterocycles. The molecule has 0 aliphatic carbocycles. The number of benzene rings is 2. The van der Waals surface area contributed by atoms with Crippen molar-refractivity contribution in [3.63, 3.8) is 0 Å². The van der Waals surface area contributed by atoms with Crippen molar-refractivity contribution in [3.05, 3.63) is 89.5 Å². The molecule has 0 radical (unpaired) electrons. The quantitative estimate of drug-likeness (QED) is 0.392. The normalized spacial score (nSPS) is 14.5. The van der Waals surface area contributed by atoms with Gasteiger partial charge in [0, 0.05) is 38.6 Å². The Balaban J connectivity index is 1.16. The lowest BCUT2D eigenvalue weighted by Gasteiger charge is -2.36. The summed E-state index contributed by atoms with van der Waals surface area (Å²) >= 11 is 0. The third kappa shape index (κ3) is 5.52. The summed E-state index contributed by atoms with van der Waals surface area (Å²) in [6.07, 6.45) is 3.96. The number of aromatic amines is 1. The molecule has 1 aliphatic rings. The van der Waals surface area contributed by atoms with E-state index >= 15 is 0 Å². The van der Waals surface area contributed by atoms with Crippen LogP contribution in [0.2, 0.25) is 0 Å². The summed E-state index contributed by atoms with van der Waals surface area (Å²) in [4.78, 5) is 36.4. The Kier molecular flexibility index (Phi) is 7.37. The van der Waals surface area contributed by atoms with Gasteiger partial charge in [-0.2, -0.15) is 0 Å². The standard InChI is InChI=1S/C29H30FN5O3/c1-19-18-33-28-27(19)25(9-10-32-28)38-24-8-7-21(15-22(24)30)16-23(31)29(37)35-13-11-34(12-14-35)26(36)17-20-5-3-2-4-6-20/h2-10,15,18,23H,11-14,16-17,31H2,1H3,(H,32,33)/t23-/m0/s1. The lowest BCUT2D eigenvalue weighted by Crippen LogP contribution is -2.55. The van der Waals surface area contributed by atoms with Crippen LogP contribution in [0.3, 0.4) is 0 Å². The van der Waals surface area contributed by atoms with E-state index in [4.69, 9.17) is 10.5 Å². The van der Waals surface area contributed by atoms with E-state index in [9.17, 15) is 14.0 Å². The topological polar surface area (TPSA) is 105 Å². The fraction of sp³-hybridized carbons (Fsp3) is 0.276. The maximum atomic E-state index is 14.9. The molecule has 5 rings (SSSR count). The van der Waals surface area contributed by atoms with Crippen molar-refractivity contribution >= 4 is 22.8 Å². The maximum Gasteiger partial charge on any atom is 0.239 e. The zero-order chi connectivity index (χ0) is 26.6. The number of piperazine rings is 1. The van der Waals surface area contributed by atoms with E-state index in [0.29, 0.717) is 49.6 Å². The van der Waals surface area contributed by atoms with Crippen LogP contribution in [0.1, 0.15) is 16.7 Å². The molecule has 0 saturated carbocycles. The Labute approximate surface area is 220 Å². The smallest absolute Gasteiger partial charge is 0.239 e. The molecule has 1 fully saturated rings. The van der Waals surface area contributed by atoms with Gasteiger partial charge in [0.05, 0.1) is 17.8 Å². The Morgan fingerprint density at radius 3 is 2.50 bits per heavy atom. The van der Waals surface area contributed by atoms with E-state index in [1.54, 1.807) is 34.2 Å². The van der Waals surface area contributed by atoms with Crippen LogP contribution in [0.5, 0.6) is 11.5 Å². The van der Waals surface area contributed by atoms with Gasteiger partial charge in [-0.3, -0.25) is 9.59 Å². The molecule has 196 valence electrons. The number of H-pyrrole nitrogens is 1. The number of rotatable bonds is 7. The minimum Gasteiger partial charge on any atom is -0.453 e. The molecule has 9 heteroatoms. The average Bonchev–Trinajstić information content (AvgIpc) is 3.32. The second-order valence-electron chi connectivity index (χ2n) is 9.55. The summed E-state index contributed by atoms with van der Waals surface area (Å²) in [6, 6.07) is 15.1. The number of carbonyl (C=O) groups is 2. The number of ether oxygens (including phenoxy) is 1. The van der Waals surface area contributed by atoms with Gasteiger partial charge < -0.3 is 25.3 Å². The summed E-state index contributed by atoms with van der Waals surface area (Å²) < 4.78 is 20.8. The number of halogens is 1. The van der Waals surface area contributed by atoms with E-state index in [1.165, 1.54) is 6.07 Å². The van der Waals surface area contributed by atoms with Crippen LogP contribution in [0.25, 0.3) is 11.0 Å². The van der Waals surface area contributed by atoms with Gasteiger partial charge in [0.2, 0.25) is 11.8 Å². The van der Waals surface area contributed by atoms with E-state index in [2.05, 4.69) is 9.97 Å². The van der Waals surface area contributed by atoms with Crippen molar-refractivity contribution in [3.8, 4) is 11.5 Å². The van der Waals surface area contributed by atoms with E-state index in [1.807, 2.05) is 43.5 Å². The van der Waals surface area contributed by atoms with Crippen LogP contribution in [0.15, 0.2) is 67.0 Å². The van der Waals surface area contributed by atoms with Crippen LogP contribution >= 0.6 is 0 Å². The highest BCUT2D eigenvalue weighted by molar-refractivity contribution is 5.86. The first-order valence-electron chi connectivity index (χ1n) is 12.6. The molecule has 1 saturated heterocycles. The van der Waals surface area contributed by atoms with Crippen LogP contribution in [-0.4, -0.2) is 63.8 Å². The monoisotopic (exact) mass is 515 g/mol. The SMILES string of the molecule is Cc1c[nH]c2nccc(Oc3ccc(C[C@H](N)C(=O)N4CCN(C(=O)Cc5ccccc5)CC4)cc3F)c12. The van der Waals surface area contributed by atoms with Gasteiger partial charge >= 0.3 is 0 Å². The Hall–Kier alpha value is -4.24. The van der Waals surface area contributed by atoms with Crippen molar-refractivity contribution in [2.24, 2.45) is 5.73 Å². The highest BCUT2D eigenvalue weighted by Crippen LogP contribution is 2.32. The molecule has 0 spiro atoms. The van der Waals surface area contributed by atoms with Crippen LogP contribution in [-0.2, 0) is 22.4 Å². The van der Waals surface area contributed by atoms with Crippen LogP contribution in [0.4, 0.5) is 4.39 Å². The molecule has 2 aromatic carbocycles. The zero-order valence-corrected chi connectivity index (χ0v) is 21.2. The Morgan fingerprint density at radius 1 is 1.03 bits per heavy atom. The van der Waals surface area contributed by atoms with Crippen molar-refractivity contribution in [2.45, 2.75) is 25.8 Å². The number of pyridine rings is 1. The average molecular weight is 516 g/mol. The molecule has 0 bridgehead atoms. The minimum absolute atomic E-state index is 0.0459. The maximum absolute atomic E-state index is 14.9. The number of amides is 2. The first kappa shape index (κ1) is 25.4. The third-order valence-corrected chi connectivity index (χ3v) is 6.86. The summed E-state index contributed by atoms with van der Waals surface area (Å²) in [5.41, 5.74) is 9.41. The number of aromatic nitrogens is 2. The Morgan fingerprint density at radius 2 is 1.76 bits per heavy atom. The summed E-state index contributed by atoms with van der Waals surface area (Å²) in [6.45, 7) is 3.70. The van der Waals surface area contributed by atoms with Gasteiger partial charge in [-0.05, 0) is 48.2 Å². The molecule has 3 N–H and O–H groups in total. The molecule has 1 atom stereocenters. The molecule has 1 aliphatic heterocycles. The van der Waals surface area contributed by atoms with Gasteiger partial charge in [-0.15, -0.1) is 0 Å². The zero-order valence-electron chi connectivity index (χ0n) is 21.2. The molecule has 0 unspecified atom stereocenters. The number of aryl methyl sites for hydroxylation is 1. The molecule has 2 amide bonds. The first-order valence-corrected chi connectivity index (χ1v) is 12.6. The second kappa shape index (κ2) is 11.0. The predicted molar refractivity (Wildman–Crippen MR) is 142 cm³/mol. The molecular weight excluding hydrogens is 485 g/mol. The number of fused-ring (bicyclic) bond motifs is 1. The highest BCUT2D eigenvalue weighted by atomic mass is 19.1. The second-order valence-corrected chi connectivity index (χ2v) is 9.55. The van der Waals surface area contributed by atoms with Crippen LogP contribution < -0.4 is 10.5 Å². The summed E-state index contributed by atoms with van der Waals surface area (Å²) in [5, 5.41) is 0.797. The number of hydrogen-bond acceptors (Lipinski definition) is 5. The van der Waals surface area contributed by atoms with Crippen molar-refractivity contribution in [2.75, 3.05) is 26.2 Å². The molecule has 38 heavy (non-hydrogen) atoms. The fourth-order valence-corrected chi connectivity index (χ4v) is 4.78. The number of nitrogens with two attached hydrogens (primary N) is 1. The van der Waals surface area contributed by atoms with Crippen molar-refractivity contribution < 1.29 is 18.7 Å². The minimum atomic E-state index is -0.810. The first-order chi connectivity index (χ1) is 18.4. The molecule has 3 heterocycles. The van der Waals surface area contributed by atoms with Gasteiger partial charge in [0.1, 0.15) is 11.4 Å². The number of hydrogen-bond donors (Lipinski definition) is 2. The van der Waals surface area contributed by atoms with Gasteiger partial charge in [0.15, 0.2) is 11.6 Å². The van der Waals surface area contributed by atoms with E-state index in [0.717, 1.165) is 16.5 Å². The van der Waals surface area contributed by atoms with Crippen molar-refractivity contribution in [1.82, 2.24) is 19.8 Å². The molecular formula is C29H30FN5O3. The number of carbonyl (C=O) groups excluding carboxylic acids is 2. The van der Waals surface area contributed by atoms with E-state index in [-0.39, 0.29) is 24.0 Å². The van der Waals surface area contributed by atoms with Gasteiger partial charge in [0.25, 0.3) is 0 Å². The largest absolute Gasteiger partial charge is 0.453 e. The molecule has 4 aromatic rings. The van der Waals surface area contributed by atoms with E-state index < -0.39 is 11.9 Å². The van der Waals surface area contributed by atoms with Gasteiger partial charge in [-0.25, -0.2) is 9.37 Å². The van der Waals surface area contributed by atoms with Crippen LogP contribution in [0, 0.1) is 12.7 Å². The number of nitrogens with one attached hydrogen (secondary N) is 1. The number of nitrogens with zero attached hydrogens (tertiary/aromatic N) is 3. The fourth-order valence-electron chi connectivity index (χ4n) is 4.78. The third-order valence-electron chi connectivity index (χ3n) is 6.86. The molecule has 8 nitrogen and oxygen atoms in total. The predicted octanol–water partition coefficient (Wildman–Crippen LogP) is 3.59. The summed E-state index contributed by atoms with van der Waals surface area (Å²) in [7, 11) is 0. The van der Waals surface area contributed by atoms with Crippen molar-refractivity contribution in [1.29, 1.82) is 0 Å².